The molecule has 5 heteroatoms. The lowest BCUT2D eigenvalue weighted by Gasteiger charge is -2.27. The molecular weight excluding hydrogens is 326 g/mol. The Morgan fingerprint density at radius 1 is 1.19 bits per heavy atom. The van der Waals surface area contributed by atoms with Crippen molar-refractivity contribution in [1.82, 2.24) is 14.9 Å². The van der Waals surface area contributed by atoms with Gasteiger partial charge in [-0.2, -0.15) is 0 Å². The van der Waals surface area contributed by atoms with Crippen molar-refractivity contribution in [1.29, 1.82) is 0 Å². The van der Waals surface area contributed by atoms with Gasteiger partial charge in [0.15, 0.2) is 6.10 Å². The van der Waals surface area contributed by atoms with E-state index >= 15 is 0 Å². The minimum atomic E-state index is -0.591. The number of imidazole rings is 1. The normalized spacial score (nSPS) is 17.3. The van der Waals surface area contributed by atoms with Crippen LogP contribution >= 0.6 is 0 Å². The van der Waals surface area contributed by atoms with Crippen LogP contribution in [0.1, 0.15) is 34.7 Å². The summed E-state index contributed by atoms with van der Waals surface area (Å²) >= 11 is 0. The van der Waals surface area contributed by atoms with Crippen molar-refractivity contribution in [2.75, 3.05) is 6.61 Å². The van der Waals surface area contributed by atoms with Gasteiger partial charge in [0.25, 0.3) is 5.91 Å². The maximum Gasteiger partial charge on any atom is 0.254 e. The molecule has 1 aliphatic rings. The smallest absolute Gasteiger partial charge is 0.254 e. The Labute approximate surface area is 152 Å². The molecule has 1 amide bonds. The number of aryl methyl sites for hydroxylation is 1. The zero-order chi connectivity index (χ0) is 17.9. The van der Waals surface area contributed by atoms with Crippen LogP contribution in [0.25, 0.3) is 0 Å². The predicted octanol–water partition coefficient (Wildman–Crippen LogP) is 2.94. The average Bonchev–Trinajstić information content (AvgIpc) is 3.12. The van der Waals surface area contributed by atoms with Gasteiger partial charge in [-0.15, -0.1) is 0 Å². The standard InChI is InChI=1S/C21H21N3O2/c1-24-13-12-22-20(24)18(16-8-3-2-4-9-16)23-21(25)19-17-10-6-5-7-15(17)11-14-26-19/h2-10,12-13,18-19H,11,14H2,1H3,(H,23,25). The highest BCUT2D eigenvalue weighted by Crippen LogP contribution is 2.29. The summed E-state index contributed by atoms with van der Waals surface area (Å²) in [6, 6.07) is 17.5. The monoisotopic (exact) mass is 347 g/mol. The Balaban J connectivity index is 1.65. The van der Waals surface area contributed by atoms with Crippen molar-refractivity contribution in [2.24, 2.45) is 7.05 Å². The van der Waals surface area contributed by atoms with Gasteiger partial charge < -0.3 is 14.6 Å². The second-order valence-electron chi connectivity index (χ2n) is 6.45. The molecule has 5 nitrogen and oxygen atoms in total. The minimum Gasteiger partial charge on any atom is -0.363 e. The Bertz CT molecular complexity index is 904. The molecule has 2 atom stereocenters. The fourth-order valence-corrected chi connectivity index (χ4v) is 3.43. The molecule has 3 aromatic rings. The van der Waals surface area contributed by atoms with Crippen molar-refractivity contribution >= 4 is 5.91 Å². The molecular formula is C21H21N3O2. The van der Waals surface area contributed by atoms with Crippen LogP contribution in [0.4, 0.5) is 0 Å². The summed E-state index contributed by atoms with van der Waals surface area (Å²) < 4.78 is 7.74. The van der Waals surface area contributed by atoms with Crippen LogP contribution in [0.15, 0.2) is 67.0 Å². The number of fused-ring (bicyclic) bond motifs is 1. The highest BCUT2D eigenvalue weighted by atomic mass is 16.5. The Hall–Kier alpha value is -2.92. The first-order valence-corrected chi connectivity index (χ1v) is 8.76. The highest BCUT2D eigenvalue weighted by Gasteiger charge is 2.30. The summed E-state index contributed by atoms with van der Waals surface area (Å²) in [4.78, 5) is 17.5. The molecule has 0 bridgehead atoms. The Morgan fingerprint density at radius 2 is 1.96 bits per heavy atom. The summed E-state index contributed by atoms with van der Waals surface area (Å²) in [6.45, 7) is 0.549. The highest BCUT2D eigenvalue weighted by molar-refractivity contribution is 5.83. The van der Waals surface area contributed by atoms with Crippen molar-refractivity contribution in [3.63, 3.8) is 0 Å². The molecule has 26 heavy (non-hydrogen) atoms. The summed E-state index contributed by atoms with van der Waals surface area (Å²) in [5.41, 5.74) is 3.11. The number of nitrogens with one attached hydrogen (secondary N) is 1. The third-order valence-electron chi connectivity index (χ3n) is 4.77. The number of amides is 1. The third-order valence-corrected chi connectivity index (χ3v) is 4.77. The molecule has 0 fully saturated rings. The maximum atomic E-state index is 13.1. The number of aromatic nitrogens is 2. The summed E-state index contributed by atoms with van der Waals surface area (Å²) in [5.74, 6) is 0.641. The number of carbonyl (C=O) groups excluding carboxylic acids is 1. The third kappa shape index (κ3) is 3.13. The summed E-state index contributed by atoms with van der Waals surface area (Å²) in [6.07, 6.45) is 3.86. The van der Waals surface area contributed by atoms with Crippen LogP contribution in [0.3, 0.4) is 0 Å². The number of carbonyl (C=O) groups is 1. The molecule has 2 heterocycles. The van der Waals surface area contributed by atoms with E-state index in [9.17, 15) is 4.79 Å². The summed E-state index contributed by atoms with van der Waals surface area (Å²) in [7, 11) is 1.93. The van der Waals surface area contributed by atoms with Crippen LogP contribution in [0.2, 0.25) is 0 Å². The molecule has 1 aromatic heterocycles. The van der Waals surface area contributed by atoms with Crippen LogP contribution in [0, 0.1) is 0 Å². The van der Waals surface area contributed by atoms with Crippen LogP contribution in [-0.2, 0) is 23.0 Å². The van der Waals surface area contributed by atoms with Gasteiger partial charge in [0.05, 0.1) is 6.61 Å². The van der Waals surface area contributed by atoms with E-state index in [4.69, 9.17) is 4.74 Å². The number of benzene rings is 2. The Kier molecular flexibility index (Phi) is 4.54. The SMILES string of the molecule is Cn1ccnc1C(NC(=O)C1OCCc2ccccc21)c1ccccc1. The number of hydrogen-bond acceptors (Lipinski definition) is 3. The largest absolute Gasteiger partial charge is 0.363 e. The van der Waals surface area contributed by atoms with E-state index in [-0.39, 0.29) is 11.9 Å². The first kappa shape index (κ1) is 16.5. The van der Waals surface area contributed by atoms with Crippen molar-refractivity contribution in [3.05, 3.63) is 89.5 Å². The Morgan fingerprint density at radius 3 is 2.73 bits per heavy atom. The van der Waals surface area contributed by atoms with E-state index in [1.54, 1.807) is 6.20 Å². The van der Waals surface area contributed by atoms with Gasteiger partial charge in [0, 0.05) is 19.4 Å². The molecule has 0 saturated carbocycles. The zero-order valence-corrected chi connectivity index (χ0v) is 14.6. The second kappa shape index (κ2) is 7.14. The first-order chi connectivity index (χ1) is 12.7. The quantitative estimate of drug-likeness (QED) is 0.789. The van der Waals surface area contributed by atoms with Crippen LogP contribution in [0.5, 0.6) is 0 Å². The predicted molar refractivity (Wildman–Crippen MR) is 98.5 cm³/mol. The van der Waals surface area contributed by atoms with E-state index < -0.39 is 6.10 Å². The first-order valence-electron chi connectivity index (χ1n) is 8.76. The van der Waals surface area contributed by atoms with Crippen LogP contribution < -0.4 is 5.32 Å². The number of rotatable bonds is 4. The second-order valence-corrected chi connectivity index (χ2v) is 6.45. The van der Waals surface area contributed by atoms with E-state index in [1.807, 2.05) is 66.3 Å². The fourth-order valence-electron chi connectivity index (χ4n) is 3.43. The number of hydrogen-bond donors (Lipinski definition) is 1. The molecule has 0 spiro atoms. The van der Waals surface area contributed by atoms with E-state index in [1.165, 1.54) is 5.56 Å². The van der Waals surface area contributed by atoms with Gasteiger partial charge in [-0.05, 0) is 23.1 Å². The van der Waals surface area contributed by atoms with E-state index in [2.05, 4.69) is 16.4 Å². The zero-order valence-electron chi connectivity index (χ0n) is 14.6. The van der Waals surface area contributed by atoms with Gasteiger partial charge >= 0.3 is 0 Å². The average molecular weight is 347 g/mol. The fraction of sp³-hybridized carbons (Fsp3) is 0.238. The molecule has 0 saturated heterocycles. The molecule has 2 aromatic carbocycles. The molecule has 0 aliphatic carbocycles. The van der Waals surface area contributed by atoms with Gasteiger partial charge in [0.1, 0.15) is 11.9 Å². The van der Waals surface area contributed by atoms with Crippen LogP contribution in [-0.4, -0.2) is 22.1 Å². The van der Waals surface area contributed by atoms with Crippen molar-refractivity contribution < 1.29 is 9.53 Å². The molecule has 0 radical (unpaired) electrons. The van der Waals surface area contributed by atoms with Gasteiger partial charge in [-0.25, -0.2) is 4.98 Å². The summed E-state index contributed by atoms with van der Waals surface area (Å²) in [5, 5.41) is 3.14. The number of ether oxygens (including phenoxy) is 1. The van der Waals surface area contributed by atoms with Crippen molar-refractivity contribution in [2.45, 2.75) is 18.6 Å². The van der Waals surface area contributed by atoms with Gasteiger partial charge in [-0.1, -0.05) is 54.6 Å². The maximum absolute atomic E-state index is 13.1. The lowest BCUT2D eigenvalue weighted by atomic mass is 9.96. The lowest BCUT2D eigenvalue weighted by Crippen LogP contribution is -2.37. The van der Waals surface area contributed by atoms with Crippen molar-refractivity contribution in [3.8, 4) is 0 Å². The molecule has 132 valence electrons. The van der Waals surface area contributed by atoms with E-state index in [0.717, 1.165) is 23.4 Å². The lowest BCUT2D eigenvalue weighted by molar-refractivity contribution is -0.134. The van der Waals surface area contributed by atoms with Gasteiger partial charge in [-0.3, -0.25) is 4.79 Å². The topological polar surface area (TPSA) is 56.2 Å². The molecule has 4 rings (SSSR count). The minimum absolute atomic E-state index is 0.144. The molecule has 1 N–H and O–H groups in total. The number of nitrogens with zero attached hydrogens (tertiary/aromatic N) is 2. The molecule has 2 unspecified atom stereocenters. The molecule has 1 aliphatic heterocycles. The van der Waals surface area contributed by atoms with E-state index in [0.29, 0.717) is 6.61 Å². The van der Waals surface area contributed by atoms with Gasteiger partial charge in [0.2, 0.25) is 0 Å².